The van der Waals surface area contributed by atoms with Gasteiger partial charge in [0.1, 0.15) is 92.1 Å². The van der Waals surface area contributed by atoms with Crippen LogP contribution < -0.4 is 0 Å². The third-order valence-electron chi connectivity index (χ3n) is 14.3. The minimum Gasteiger partial charge on any atom is -0.462 e. The number of aliphatic hydroxyl groups is 11. The predicted molar refractivity (Wildman–Crippen MR) is 277 cm³/mol. The number of carbonyl (C=O) groups excluding carboxylic acids is 2. The van der Waals surface area contributed by atoms with Crippen molar-refractivity contribution in [3.05, 3.63) is 12.2 Å². The topological polar surface area (TPSA) is 368 Å². The molecule has 12 N–H and O–H groups in total. The average molecular weight is 1130 g/mol. The molecule has 3 fully saturated rings. The molecule has 0 amide bonds. The van der Waals surface area contributed by atoms with E-state index < -0.39 is 150 Å². The lowest BCUT2D eigenvalue weighted by Crippen LogP contribution is -2.69. The molecule has 23 nitrogen and oxygen atoms in total. The van der Waals surface area contributed by atoms with E-state index in [0.717, 1.165) is 51.4 Å². The summed E-state index contributed by atoms with van der Waals surface area (Å²) in [6.07, 6.45) is -5.01. The Morgan fingerprint density at radius 1 is 0.481 bits per heavy atom. The molecule has 1 saturated carbocycles. The maximum Gasteiger partial charge on any atom is 0.472 e. The summed E-state index contributed by atoms with van der Waals surface area (Å²) >= 11 is 0. The summed E-state index contributed by atoms with van der Waals surface area (Å²) in [5.41, 5.74) is 0. The Morgan fingerprint density at radius 2 is 0.857 bits per heavy atom. The van der Waals surface area contributed by atoms with Crippen molar-refractivity contribution in [2.45, 2.75) is 285 Å². The van der Waals surface area contributed by atoms with Gasteiger partial charge in [0, 0.05) is 12.8 Å². The molecule has 77 heavy (non-hydrogen) atoms. The van der Waals surface area contributed by atoms with E-state index >= 15 is 0 Å². The van der Waals surface area contributed by atoms with E-state index in [9.17, 15) is 75.2 Å². The molecule has 0 aromatic heterocycles. The summed E-state index contributed by atoms with van der Waals surface area (Å²) in [5, 5.41) is 116. The molecule has 0 radical (unpaired) electrons. The molecule has 452 valence electrons. The molecule has 0 aromatic rings. The van der Waals surface area contributed by atoms with Gasteiger partial charge in [0.05, 0.1) is 19.8 Å². The minimum absolute atomic E-state index is 0.0493. The molecule has 24 heteroatoms. The zero-order valence-electron chi connectivity index (χ0n) is 45.5. The van der Waals surface area contributed by atoms with Crippen molar-refractivity contribution in [3.63, 3.8) is 0 Å². The van der Waals surface area contributed by atoms with E-state index in [1.807, 2.05) is 0 Å². The van der Waals surface area contributed by atoms with E-state index in [-0.39, 0.29) is 12.8 Å². The number of rotatable bonds is 41. The molecule has 2 saturated heterocycles. The zero-order chi connectivity index (χ0) is 56.8. The average Bonchev–Trinajstić information content (AvgIpc) is 3.41. The second-order valence-electron chi connectivity index (χ2n) is 20.8. The molecular weight excluding hydrogens is 1040 g/mol. The van der Waals surface area contributed by atoms with Gasteiger partial charge in [-0.2, -0.15) is 0 Å². The Hall–Kier alpha value is -1.81. The molecule has 2 heterocycles. The van der Waals surface area contributed by atoms with Gasteiger partial charge in [0.2, 0.25) is 0 Å². The fourth-order valence-electron chi connectivity index (χ4n) is 9.53. The van der Waals surface area contributed by atoms with Crippen LogP contribution in [0.4, 0.5) is 0 Å². The summed E-state index contributed by atoms with van der Waals surface area (Å²) < 4.78 is 58.0. The summed E-state index contributed by atoms with van der Waals surface area (Å²) in [5.74, 6) is -1.35. The first kappa shape index (κ1) is 69.5. The van der Waals surface area contributed by atoms with Crippen molar-refractivity contribution >= 4 is 19.8 Å². The van der Waals surface area contributed by atoms with Crippen molar-refractivity contribution in [2.75, 3.05) is 26.4 Å². The van der Waals surface area contributed by atoms with E-state index in [4.69, 9.17) is 37.5 Å². The second-order valence-corrected chi connectivity index (χ2v) is 22.2. The van der Waals surface area contributed by atoms with Gasteiger partial charge in [0.25, 0.3) is 0 Å². The van der Waals surface area contributed by atoms with Gasteiger partial charge in [-0.3, -0.25) is 18.6 Å². The molecule has 16 atom stereocenters. The lowest BCUT2D eigenvalue weighted by atomic mass is 9.84. The molecule has 0 spiro atoms. The molecule has 1 aliphatic carbocycles. The van der Waals surface area contributed by atoms with Crippen LogP contribution in [0.5, 0.6) is 0 Å². The number of hydrogen-bond acceptors (Lipinski definition) is 22. The second kappa shape index (κ2) is 38.8. The number of esters is 2. The highest BCUT2D eigenvalue weighted by Crippen LogP contribution is 2.49. The monoisotopic (exact) mass is 1130 g/mol. The van der Waals surface area contributed by atoms with Crippen LogP contribution in [0, 0.1) is 0 Å². The smallest absolute Gasteiger partial charge is 0.462 e. The SMILES string of the molecule is CCCCCCCCC=CCCCCCC(=O)OC(COC(=O)CCCCCCCCCCCCCCC)COP(=O)(O)OC1C(OC2OC(CO)C(O)C(O)C2O)C(O)C(O)C(O)C1OC1OC(CO)C(O)C(O)C1O. The number of ether oxygens (including phenoxy) is 6. The van der Waals surface area contributed by atoms with Gasteiger partial charge in [-0.05, 0) is 38.5 Å². The van der Waals surface area contributed by atoms with Crippen LogP contribution in [-0.4, -0.2) is 204 Å². The van der Waals surface area contributed by atoms with Gasteiger partial charge in [-0.15, -0.1) is 0 Å². The standard InChI is InChI=1S/C53H97O23P/c1-3-5-7-9-11-13-15-17-19-21-23-25-27-29-38(56)69-33-35(71-39(57)30-28-26-24-22-20-18-16-14-12-10-8-6-4-2)34-70-77(67,68)76-51-49(74-52-47(65)42(60)40(58)36(31-54)72-52)45(63)44(62)46(64)50(51)75-53-48(66)43(61)41(59)37(32-55)73-53/h18,20,35-37,40-55,58-66H,3-17,19,21-34H2,1-2H3,(H,67,68). The number of phosphoric acid groups is 1. The first-order valence-electron chi connectivity index (χ1n) is 28.5. The highest BCUT2D eigenvalue weighted by atomic mass is 31.2. The van der Waals surface area contributed by atoms with Gasteiger partial charge in [0.15, 0.2) is 18.7 Å². The molecule has 3 rings (SSSR count). The third kappa shape index (κ3) is 25.1. The number of aliphatic hydroxyl groups excluding tert-OH is 11. The lowest BCUT2D eigenvalue weighted by Gasteiger charge is -2.49. The number of unbranched alkanes of at least 4 members (excludes halogenated alkanes) is 21. The maximum absolute atomic E-state index is 14.0. The van der Waals surface area contributed by atoms with Crippen LogP contribution in [0.25, 0.3) is 0 Å². The Kier molecular flexibility index (Phi) is 35.0. The van der Waals surface area contributed by atoms with Gasteiger partial charge in [-0.25, -0.2) is 4.57 Å². The molecular formula is C53H97O23P. The van der Waals surface area contributed by atoms with Crippen LogP contribution in [0.15, 0.2) is 12.2 Å². The van der Waals surface area contributed by atoms with Gasteiger partial charge in [-0.1, -0.05) is 142 Å². The van der Waals surface area contributed by atoms with Crippen molar-refractivity contribution < 1.29 is 113 Å². The van der Waals surface area contributed by atoms with Crippen LogP contribution in [0.2, 0.25) is 0 Å². The zero-order valence-corrected chi connectivity index (χ0v) is 46.4. The van der Waals surface area contributed by atoms with Gasteiger partial charge >= 0.3 is 19.8 Å². The van der Waals surface area contributed by atoms with Crippen molar-refractivity contribution in [1.29, 1.82) is 0 Å². The number of allylic oxidation sites excluding steroid dienone is 2. The van der Waals surface area contributed by atoms with Crippen LogP contribution >= 0.6 is 7.82 Å². The molecule has 3 aliphatic rings. The fourth-order valence-corrected chi connectivity index (χ4v) is 10.5. The number of phosphoric ester groups is 1. The van der Waals surface area contributed by atoms with E-state index in [1.54, 1.807) is 0 Å². The van der Waals surface area contributed by atoms with E-state index in [0.29, 0.717) is 19.3 Å². The predicted octanol–water partition coefficient (Wildman–Crippen LogP) is 3.15. The fraction of sp³-hybridized carbons (Fsp3) is 0.925. The van der Waals surface area contributed by atoms with E-state index in [1.165, 1.54) is 83.5 Å². The number of carbonyl (C=O) groups is 2. The number of hydrogen-bond donors (Lipinski definition) is 12. The minimum atomic E-state index is -5.63. The normalized spacial score (nSPS) is 32.0. The lowest BCUT2D eigenvalue weighted by molar-refractivity contribution is -0.360. The summed E-state index contributed by atoms with van der Waals surface area (Å²) in [6.45, 7) is 0.971. The summed E-state index contributed by atoms with van der Waals surface area (Å²) in [6, 6.07) is 0. The largest absolute Gasteiger partial charge is 0.472 e. The van der Waals surface area contributed by atoms with Crippen molar-refractivity contribution in [3.8, 4) is 0 Å². The first-order chi connectivity index (χ1) is 36.9. The Labute approximate surface area is 454 Å². The third-order valence-corrected chi connectivity index (χ3v) is 15.3. The van der Waals surface area contributed by atoms with Crippen molar-refractivity contribution in [1.82, 2.24) is 0 Å². The van der Waals surface area contributed by atoms with Crippen LogP contribution in [0.3, 0.4) is 0 Å². The van der Waals surface area contributed by atoms with Crippen LogP contribution in [0.1, 0.15) is 181 Å². The quantitative estimate of drug-likeness (QED) is 0.0181. The van der Waals surface area contributed by atoms with E-state index in [2.05, 4.69) is 26.0 Å². The summed E-state index contributed by atoms with van der Waals surface area (Å²) in [4.78, 5) is 37.4. The van der Waals surface area contributed by atoms with Crippen molar-refractivity contribution in [2.24, 2.45) is 0 Å². The molecule has 2 aliphatic heterocycles. The highest BCUT2D eigenvalue weighted by molar-refractivity contribution is 7.47. The summed E-state index contributed by atoms with van der Waals surface area (Å²) in [7, 11) is -5.63. The Bertz CT molecular complexity index is 1590. The molecule has 16 unspecified atom stereocenters. The van der Waals surface area contributed by atoms with Crippen LogP contribution in [-0.2, 0) is 51.6 Å². The maximum atomic E-state index is 14.0. The van der Waals surface area contributed by atoms with Gasteiger partial charge < -0.3 is 89.5 Å². The Morgan fingerprint density at radius 3 is 1.29 bits per heavy atom. The first-order valence-corrected chi connectivity index (χ1v) is 30.0. The highest BCUT2D eigenvalue weighted by Gasteiger charge is 2.58. The Balaban J connectivity index is 1.73. The molecule has 0 bridgehead atoms. The molecule has 0 aromatic carbocycles.